The second kappa shape index (κ2) is 7.51. The van der Waals surface area contributed by atoms with E-state index >= 15 is 0 Å². The summed E-state index contributed by atoms with van der Waals surface area (Å²) in [5, 5.41) is 13.6. The Morgan fingerprint density at radius 1 is 1.03 bits per heavy atom. The first kappa shape index (κ1) is 19.2. The highest BCUT2D eigenvalue weighted by atomic mass is 16.6. The Labute approximate surface area is 178 Å². The Kier molecular flexibility index (Phi) is 4.52. The highest BCUT2D eigenvalue weighted by molar-refractivity contribution is 5.91. The van der Waals surface area contributed by atoms with Crippen molar-refractivity contribution in [1.82, 2.24) is 9.55 Å². The fourth-order valence-corrected chi connectivity index (χ4v) is 3.35. The zero-order chi connectivity index (χ0) is 22.2. The highest BCUT2D eigenvalue weighted by Crippen LogP contribution is 2.25. The van der Waals surface area contributed by atoms with Gasteiger partial charge in [0.25, 0.3) is 5.69 Å². The number of nitrogens with zero attached hydrogens (tertiary/aromatic N) is 3. The molecule has 0 aliphatic rings. The summed E-state index contributed by atoms with van der Waals surface area (Å²) in [5.41, 5.74) is 2.83. The molecule has 0 bridgehead atoms. The van der Waals surface area contributed by atoms with Crippen LogP contribution >= 0.6 is 0 Å². The Hall–Kier alpha value is -4.73. The second-order valence-corrected chi connectivity index (χ2v) is 6.98. The summed E-state index contributed by atoms with van der Waals surface area (Å²) in [6.45, 7) is -0.309. The minimum Gasteiger partial charge on any atom is -0.436 e. The first-order valence-electron chi connectivity index (χ1n) is 9.51. The van der Waals surface area contributed by atoms with E-state index in [1.54, 1.807) is 24.3 Å². The number of oxazole rings is 2. The zero-order valence-corrected chi connectivity index (χ0v) is 16.3. The van der Waals surface area contributed by atoms with Gasteiger partial charge < -0.3 is 14.2 Å². The molecule has 32 heavy (non-hydrogen) atoms. The van der Waals surface area contributed by atoms with Gasteiger partial charge in [-0.25, -0.2) is 9.78 Å². The number of para-hydroxylation sites is 2. The molecule has 0 fully saturated rings. The van der Waals surface area contributed by atoms with Gasteiger partial charge in [0, 0.05) is 17.3 Å². The lowest BCUT2D eigenvalue weighted by atomic mass is 10.2. The molecule has 0 aliphatic heterocycles. The molecule has 0 spiro atoms. The van der Waals surface area contributed by atoms with Crippen LogP contribution in [0.1, 0.15) is 0 Å². The molecule has 1 N–H and O–H groups in total. The molecule has 1 amide bonds. The number of non-ortho nitro benzene ring substituents is 1. The number of nitro benzene ring substituents is 1. The van der Waals surface area contributed by atoms with Gasteiger partial charge in [-0.2, -0.15) is 0 Å². The number of anilines is 1. The van der Waals surface area contributed by atoms with E-state index in [1.165, 1.54) is 12.1 Å². The summed E-state index contributed by atoms with van der Waals surface area (Å²) in [5.74, 6) is -0.765. The number of hydrogen-bond donors (Lipinski definition) is 1. The van der Waals surface area contributed by atoms with Crippen molar-refractivity contribution in [2.75, 3.05) is 5.32 Å². The van der Waals surface area contributed by atoms with Gasteiger partial charge in [0.1, 0.15) is 12.1 Å². The molecular weight excluding hydrogens is 416 g/mol. The molecule has 3 aromatic carbocycles. The first-order chi connectivity index (χ1) is 15.5. The van der Waals surface area contributed by atoms with E-state index in [0.29, 0.717) is 22.7 Å². The monoisotopic (exact) mass is 430 g/mol. The van der Waals surface area contributed by atoms with Crippen LogP contribution in [0.15, 0.2) is 80.4 Å². The number of fused-ring (bicyclic) bond motifs is 2. The van der Waals surface area contributed by atoms with Gasteiger partial charge in [-0.05, 0) is 42.5 Å². The molecular formula is C22H14N4O6. The maximum atomic E-state index is 12.5. The van der Waals surface area contributed by atoms with E-state index in [9.17, 15) is 19.7 Å². The SMILES string of the molecule is O=C(Cn1c(=O)oc2cc([N+](=O)[O-])ccc21)Nc1ccc(-c2nc3ccccc3o2)cc1. The van der Waals surface area contributed by atoms with Gasteiger partial charge >= 0.3 is 5.76 Å². The second-order valence-electron chi connectivity index (χ2n) is 6.98. The minimum absolute atomic E-state index is 0.0414. The predicted octanol–water partition coefficient (Wildman–Crippen LogP) is 3.95. The molecule has 0 saturated heterocycles. The molecule has 0 aliphatic carbocycles. The van der Waals surface area contributed by atoms with E-state index in [-0.39, 0.29) is 17.8 Å². The van der Waals surface area contributed by atoms with Crippen LogP contribution in [0.5, 0.6) is 0 Å². The predicted molar refractivity (Wildman–Crippen MR) is 115 cm³/mol. The molecule has 5 aromatic rings. The van der Waals surface area contributed by atoms with Crippen molar-refractivity contribution in [2.45, 2.75) is 6.54 Å². The summed E-state index contributed by atoms with van der Waals surface area (Å²) < 4.78 is 11.9. The van der Waals surface area contributed by atoms with Crippen molar-refractivity contribution >= 4 is 39.5 Å². The van der Waals surface area contributed by atoms with Crippen molar-refractivity contribution in [2.24, 2.45) is 0 Å². The number of carbonyl (C=O) groups is 1. The molecule has 0 radical (unpaired) electrons. The lowest BCUT2D eigenvalue weighted by Gasteiger charge is -2.06. The van der Waals surface area contributed by atoms with Crippen LogP contribution in [0, 0.1) is 10.1 Å². The number of rotatable bonds is 5. The maximum Gasteiger partial charge on any atom is 0.420 e. The van der Waals surface area contributed by atoms with Gasteiger partial charge in [0.2, 0.25) is 11.8 Å². The number of nitro groups is 1. The van der Waals surface area contributed by atoms with Crippen LogP contribution < -0.4 is 11.1 Å². The van der Waals surface area contributed by atoms with E-state index < -0.39 is 16.6 Å². The fraction of sp³-hybridized carbons (Fsp3) is 0.0455. The Morgan fingerprint density at radius 3 is 2.56 bits per heavy atom. The first-order valence-corrected chi connectivity index (χ1v) is 9.51. The molecule has 158 valence electrons. The lowest BCUT2D eigenvalue weighted by Crippen LogP contribution is -2.24. The molecule has 2 heterocycles. The van der Waals surface area contributed by atoms with Crippen LogP contribution in [0.25, 0.3) is 33.7 Å². The van der Waals surface area contributed by atoms with Crippen molar-refractivity contribution in [3.63, 3.8) is 0 Å². The number of hydrogen-bond acceptors (Lipinski definition) is 7. The molecule has 0 unspecified atom stereocenters. The Morgan fingerprint density at radius 2 is 1.81 bits per heavy atom. The van der Waals surface area contributed by atoms with Crippen LogP contribution in [0.3, 0.4) is 0 Å². The molecule has 10 heteroatoms. The summed E-state index contributed by atoms with van der Waals surface area (Å²) in [4.78, 5) is 39.3. The minimum atomic E-state index is -0.776. The Bertz CT molecular complexity index is 1510. The molecule has 5 rings (SSSR count). The molecule has 0 atom stereocenters. The summed E-state index contributed by atoms with van der Waals surface area (Å²) in [7, 11) is 0. The fourth-order valence-electron chi connectivity index (χ4n) is 3.35. The van der Waals surface area contributed by atoms with E-state index in [4.69, 9.17) is 8.83 Å². The van der Waals surface area contributed by atoms with Crippen LogP contribution in [0.2, 0.25) is 0 Å². The normalized spacial score (nSPS) is 11.1. The van der Waals surface area contributed by atoms with Gasteiger partial charge in [-0.1, -0.05) is 12.1 Å². The number of aromatic nitrogens is 2. The van der Waals surface area contributed by atoms with Gasteiger partial charge in [-0.15, -0.1) is 0 Å². The van der Waals surface area contributed by atoms with Crippen LogP contribution in [-0.4, -0.2) is 20.4 Å². The highest BCUT2D eigenvalue weighted by Gasteiger charge is 2.16. The largest absolute Gasteiger partial charge is 0.436 e. The van der Waals surface area contributed by atoms with Gasteiger partial charge in [0.15, 0.2) is 11.2 Å². The number of amides is 1. The Balaban J connectivity index is 1.32. The molecule has 2 aromatic heterocycles. The van der Waals surface area contributed by atoms with Gasteiger partial charge in [-0.3, -0.25) is 19.5 Å². The third-order valence-corrected chi connectivity index (χ3v) is 4.87. The van der Waals surface area contributed by atoms with E-state index in [2.05, 4.69) is 10.3 Å². The summed E-state index contributed by atoms with van der Waals surface area (Å²) in [6.07, 6.45) is 0. The third-order valence-electron chi connectivity index (χ3n) is 4.87. The molecule has 10 nitrogen and oxygen atoms in total. The average molecular weight is 430 g/mol. The average Bonchev–Trinajstić information content (AvgIpc) is 3.35. The van der Waals surface area contributed by atoms with E-state index in [1.807, 2.05) is 24.3 Å². The quantitative estimate of drug-likeness (QED) is 0.330. The summed E-state index contributed by atoms with van der Waals surface area (Å²) in [6, 6.07) is 18.1. The van der Waals surface area contributed by atoms with Gasteiger partial charge in [0.05, 0.1) is 16.5 Å². The molecule has 0 saturated carbocycles. The smallest absolute Gasteiger partial charge is 0.420 e. The zero-order valence-electron chi connectivity index (χ0n) is 16.3. The summed E-state index contributed by atoms with van der Waals surface area (Å²) >= 11 is 0. The number of carbonyl (C=O) groups excluding carboxylic acids is 1. The maximum absolute atomic E-state index is 12.5. The number of nitrogens with one attached hydrogen (secondary N) is 1. The lowest BCUT2D eigenvalue weighted by molar-refractivity contribution is -0.384. The standard InChI is InChI=1S/C22H14N4O6/c27-20(12-25-17-10-9-15(26(29)30)11-19(17)32-22(25)28)23-14-7-5-13(6-8-14)21-24-16-3-1-2-4-18(16)31-21/h1-11H,12H2,(H,23,27). The van der Waals surface area contributed by atoms with Crippen molar-refractivity contribution in [3.8, 4) is 11.5 Å². The third kappa shape index (κ3) is 3.49. The number of benzene rings is 3. The topological polar surface area (TPSA) is 133 Å². The van der Waals surface area contributed by atoms with Crippen molar-refractivity contribution in [3.05, 3.63) is 87.4 Å². The van der Waals surface area contributed by atoms with E-state index in [0.717, 1.165) is 21.7 Å². The van der Waals surface area contributed by atoms with Crippen LogP contribution in [-0.2, 0) is 11.3 Å². The van der Waals surface area contributed by atoms with Crippen molar-refractivity contribution < 1.29 is 18.6 Å². The van der Waals surface area contributed by atoms with Crippen molar-refractivity contribution in [1.29, 1.82) is 0 Å². The van der Waals surface area contributed by atoms with Crippen LogP contribution in [0.4, 0.5) is 11.4 Å².